The number of aromatic nitrogens is 1. The van der Waals surface area contributed by atoms with Crippen LogP contribution in [-0.2, 0) is 16.2 Å². The minimum absolute atomic E-state index is 0.0217. The summed E-state index contributed by atoms with van der Waals surface area (Å²) in [4.78, 5) is 4.96. The maximum atomic E-state index is 6.73. The summed E-state index contributed by atoms with van der Waals surface area (Å²) in [5.41, 5.74) is 8.63. The molecule has 1 aliphatic rings. The van der Waals surface area contributed by atoms with Crippen molar-refractivity contribution in [2.24, 2.45) is 0 Å². The highest BCUT2D eigenvalue weighted by Gasteiger charge is 2.39. The Morgan fingerprint density at radius 1 is 0.718 bits per heavy atom. The minimum atomic E-state index is 0.0217. The van der Waals surface area contributed by atoms with Crippen LogP contribution in [0.3, 0.4) is 0 Å². The number of benzene rings is 4. The number of rotatable bonds is 1. The molecule has 2 aromatic heterocycles. The maximum absolute atomic E-state index is 6.73. The van der Waals surface area contributed by atoms with Crippen molar-refractivity contribution in [2.45, 2.75) is 77.6 Å². The first-order chi connectivity index (χ1) is 18.4. The summed E-state index contributed by atoms with van der Waals surface area (Å²) in [6.45, 7) is 16.4. The van der Waals surface area contributed by atoms with Crippen LogP contribution in [0.2, 0.25) is 0 Å². The van der Waals surface area contributed by atoms with E-state index in [0.29, 0.717) is 0 Å². The Hall–Kier alpha value is -3.65. The summed E-state index contributed by atoms with van der Waals surface area (Å²) >= 11 is 0. The number of fused-ring (bicyclic) bond motifs is 7. The molecular weight excluding hydrogens is 474 g/mol. The molecule has 0 N–H and O–H groups in total. The largest absolute Gasteiger partial charge is 0.456 e. The van der Waals surface area contributed by atoms with Crippen molar-refractivity contribution in [1.82, 2.24) is 4.98 Å². The SMILES string of the molecule is CC(C)(C)c1cc(-c2nccc3cc4oc5c6c(ccc5c4cc23)C(C)(C)CCC6(C)C)cc2ccccc12. The third kappa shape index (κ3) is 3.64. The Bertz CT molecular complexity index is 1940. The molecule has 6 aromatic rings. The van der Waals surface area contributed by atoms with E-state index in [-0.39, 0.29) is 16.2 Å². The molecule has 0 radical (unpaired) electrons. The van der Waals surface area contributed by atoms with Crippen LogP contribution >= 0.6 is 0 Å². The third-order valence-corrected chi connectivity index (χ3v) is 9.25. The highest BCUT2D eigenvalue weighted by molar-refractivity contribution is 6.13. The number of nitrogens with zero attached hydrogens (tertiary/aromatic N) is 1. The van der Waals surface area contributed by atoms with Gasteiger partial charge in [-0.25, -0.2) is 0 Å². The minimum Gasteiger partial charge on any atom is -0.456 e. The quantitative estimate of drug-likeness (QED) is 0.219. The van der Waals surface area contributed by atoms with Crippen LogP contribution in [0, 0.1) is 0 Å². The van der Waals surface area contributed by atoms with E-state index in [2.05, 4.69) is 115 Å². The Balaban J connectivity index is 1.52. The second kappa shape index (κ2) is 7.94. The van der Waals surface area contributed by atoms with Crippen molar-refractivity contribution in [2.75, 3.05) is 0 Å². The fourth-order valence-corrected chi connectivity index (χ4v) is 6.92. The molecule has 0 bridgehead atoms. The van der Waals surface area contributed by atoms with Crippen molar-refractivity contribution < 1.29 is 4.42 Å². The van der Waals surface area contributed by atoms with Gasteiger partial charge in [0, 0.05) is 33.5 Å². The van der Waals surface area contributed by atoms with Crippen LogP contribution in [0.15, 0.2) is 77.3 Å². The van der Waals surface area contributed by atoms with Gasteiger partial charge in [0.15, 0.2) is 0 Å². The van der Waals surface area contributed by atoms with Crippen LogP contribution in [-0.4, -0.2) is 4.98 Å². The van der Waals surface area contributed by atoms with Crippen LogP contribution in [0.5, 0.6) is 0 Å². The van der Waals surface area contributed by atoms with Gasteiger partial charge in [-0.2, -0.15) is 0 Å². The molecule has 0 fully saturated rings. The van der Waals surface area contributed by atoms with Crippen molar-refractivity contribution in [3.63, 3.8) is 0 Å². The first-order valence-corrected chi connectivity index (χ1v) is 14.3. The average molecular weight is 512 g/mol. The smallest absolute Gasteiger partial charge is 0.139 e. The van der Waals surface area contributed by atoms with Gasteiger partial charge in [0.05, 0.1) is 5.69 Å². The summed E-state index contributed by atoms with van der Waals surface area (Å²) in [5.74, 6) is 0. The molecule has 2 heterocycles. The van der Waals surface area contributed by atoms with Gasteiger partial charge in [0.2, 0.25) is 0 Å². The molecule has 4 aromatic carbocycles. The standard InChI is InChI=1S/C37H37NO/c1-35(2,3)30-19-24(18-22-10-8-9-11-25(22)30)33-27-21-28-26-12-13-29-32(37(6,7)16-15-36(29,4)5)34(26)39-31(28)20-23(27)14-17-38-33/h8-14,17-21H,15-16H2,1-7H3. The van der Waals surface area contributed by atoms with Gasteiger partial charge in [0.25, 0.3) is 0 Å². The molecule has 0 saturated heterocycles. The van der Waals surface area contributed by atoms with Gasteiger partial charge in [-0.15, -0.1) is 0 Å². The highest BCUT2D eigenvalue weighted by Crippen LogP contribution is 2.50. The number of furan rings is 1. The Morgan fingerprint density at radius 2 is 1.46 bits per heavy atom. The predicted molar refractivity (Wildman–Crippen MR) is 166 cm³/mol. The van der Waals surface area contributed by atoms with E-state index in [9.17, 15) is 0 Å². The van der Waals surface area contributed by atoms with Crippen molar-refractivity contribution in [3.8, 4) is 11.3 Å². The van der Waals surface area contributed by atoms with Gasteiger partial charge in [-0.05, 0) is 86.7 Å². The highest BCUT2D eigenvalue weighted by atomic mass is 16.3. The van der Waals surface area contributed by atoms with Gasteiger partial charge < -0.3 is 4.42 Å². The predicted octanol–water partition coefficient (Wildman–Crippen LogP) is 10.6. The summed E-state index contributed by atoms with van der Waals surface area (Å²) in [7, 11) is 0. The molecule has 0 amide bonds. The fraction of sp³-hybridized carbons (Fsp3) is 0.324. The summed E-state index contributed by atoms with van der Waals surface area (Å²) in [6, 6.07) is 24.7. The zero-order valence-corrected chi connectivity index (χ0v) is 24.2. The van der Waals surface area contributed by atoms with E-state index >= 15 is 0 Å². The van der Waals surface area contributed by atoms with E-state index in [1.165, 1.54) is 50.0 Å². The van der Waals surface area contributed by atoms with E-state index < -0.39 is 0 Å². The summed E-state index contributed by atoms with van der Waals surface area (Å²) in [6.07, 6.45) is 4.29. The van der Waals surface area contributed by atoms with Gasteiger partial charge >= 0.3 is 0 Å². The Labute approximate surface area is 231 Å². The number of hydrogen-bond donors (Lipinski definition) is 0. The van der Waals surface area contributed by atoms with Gasteiger partial charge in [0.1, 0.15) is 11.2 Å². The lowest BCUT2D eigenvalue weighted by atomic mass is 9.63. The monoisotopic (exact) mass is 511 g/mol. The van der Waals surface area contributed by atoms with E-state index in [0.717, 1.165) is 34.2 Å². The normalized spacial score (nSPS) is 16.8. The van der Waals surface area contributed by atoms with Crippen molar-refractivity contribution in [3.05, 3.63) is 89.6 Å². The number of pyridine rings is 1. The Kier molecular flexibility index (Phi) is 4.97. The average Bonchev–Trinajstić information content (AvgIpc) is 3.25. The van der Waals surface area contributed by atoms with Crippen LogP contribution in [0.4, 0.5) is 0 Å². The molecule has 0 spiro atoms. The van der Waals surface area contributed by atoms with E-state index in [1.54, 1.807) is 0 Å². The molecule has 0 aliphatic heterocycles. The van der Waals surface area contributed by atoms with Crippen LogP contribution in [0.1, 0.15) is 78.0 Å². The first kappa shape index (κ1) is 24.4. The molecule has 196 valence electrons. The molecular formula is C37H37NO. The van der Waals surface area contributed by atoms with Crippen molar-refractivity contribution >= 4 is 43.5 Å². The zero-order valence-electron chi connectivity index (χ0n) is 24.2. The molecule has 0 saturated carbocycles. The van der Waals surface area contributed by atoms with E-state index in [1.807, 2.05) is 6.20 Å². The number of hydrogen-bond acceptors (Lipinski definition) is 2. The molecule has 7 rings (SSSR count). The van der Waals surface area contributed by atoms with Crippen molar-refractivity contribution in [1.29, 1.82) is 0 Å². The molecule has 0 unspecified atom stereocenters. The lowest BCUT2D eigenvalue weighted by Crippen LogP contribution is -2.33. The third-order valence-electron chi connectivity index (χ3n) is 9.25. The topological polar surface area (TPSA) is 26.0 Å². The van der Waals surface area contributed by atoms with E-state index in [4.69, 9.17) is 9.40 Å². The lowest BCUT2D eigenvalue weighted by Gasteiger charge is -2.41. The second-order valence-corrected chi connectivity index (χ2v) is 14.0. The lowest BCUT2D eigenvalue weighted by molar-refractivity contribution is 0.331. The molecule has 2 heteroatoms. The van der Waals surface area contributed by atoms with Gasteiger partial charge in [-0.3, -0.25) is 4.98 Å². The van der Waals surface area contributed by atoms with Gasteiger partial charge in [-0.1, -0.05) is 84.9 Å². The fourth-order valence-electron chi connectivity index (χ4n) is 6.92. The summed E-state index contributed by atoms with van der Waals surface area (Å²) in [5, 5.41) is 7.27. The molecule has 39 heavy (non-hydrogen) atoms. The second-order valence-electron chi connectivity index (χ2n) is 14.0. The molecule has 1 aliphatic carbocycles. The van der Waals surface area contributed by atoms with Crippen LogP contribution < -0.4 is 0 Å². The zero-order chi connectivity index (χ0) is 27.3. The maximum Gasteiger partial charge on any atom is 0.139 e. The molecule has 0 atom stereocenters. The first-order valence-electron chi connectivity index (χ1n) is 14.3. The molecule has 2 nitrogen and oxygen atoms in total. The summed E-state index contributed by atoms with van der Waals surface area (Å²) < 4.78 is 6.73. The van der Waals surface area contributed by atoms with Crippen LogP contribution in [0.25, 0.3) is 54.7 Å². The Morgan fingerprint density at radius 3 is 2.26 bits per heavy atom.